The average Bonchev–Trinajstić information content (AvgIpc) is 2.19. The average molecular weight is 177 g/mol. The zero-order chi connectivity index (χ0) is 9.36. The van der Waals surface area contributed by atoms with Crippen LogP contribution < -0.4 is 0 Å². The van der Waals surface area contributed by atoms with Gasteiger partial charge in [0.05, 0.1) is 0 Å². The van der Waals surface area contributed by atoms with Gasteiger partial charge in [-0.25, -0.2) is 9.97 Å². The van der Waals surface area contributed by atoms with Crippen molar-refractivity contribution in [2.45, 2.75) is 38.5 Å². The highest BCUT2D eigenvalue weighted by Gasteiger charge is 1.94. The first kappa shape index (κ1) is 10.2. The van der Waals surface area contributed by atoms with Crippen LogP contribution in [-0.4, -0.2) is 9.97 Å². The van der Waals surface area contributed by atoms with Crippen LogP contribution in [-0.2, 0) is 6.42 Å². The van der Waals surface area contributed by atoms with Gasteiger partial charge in [-0.15, -0.1) is 0 Å². The predicted octanol–water partition coefficient (Wildman–Crippen LogP) is 2.80. The Labute approximate surface area is 80.4 Å². The largest absolute Gasteiger partial charge is 0.241 e. The lowest BCUT2D eigenvalue weighted by Gasteiger charge is -1.98. The van der Waals surface area contributed by atoms with E-state index in [0.29, 0.717) is 0 Å². The van der Waals surface area contributed by atoms with Crippen LogP contribution in [0.2, 0.25) is 0 Å². The molecule has 13 heavy (non-hydrogen) atoms. The normalized spacial score (nSPS) is 10.2. The van der Waals surface area contributed by atoms with E-state index < -0.39 is 0 Å². The summed E-state index contributed by atoms with van der Waals surface area (Å²) in [7, 11) is 0. The van der Waals surface area contributed by atoms with Gasteiger partial charge in [-0.1, -0.05) is 32.6 Å². The third-order valence-corrected chi connectivity index (χ3v) is 2.02. The molecule has 2 heteroatoms. The molecule has 0 N–H and O–H groups in total. The molecular formula is C11H17N2. The van der Waals surface area contributed by atoms with Crippen LogP contribution in [0.4, 0.5) is 0 Å². The third kappa shape index (κ3) is 4.61. The van der Waals surface area contributed by atoms with Gasteiger partial charge in [0, 0.05) is 18.8 Å². The zero-order valence-electron chi connectivity index (χ0n) is 8.08. The molecule has 0 bridgehead atoms. The van der Waals surface area contributed by atoms with E-state index in [0.717, 1.165) is 18.7 Å². The summed E-state index contributed by atoms with van der Waals surface area (Å²) in [6.07, 6.45) is 10.7. The summed E-state index contributed by atoms with van der Waals surface area (Å²) in [5, 5.41) is 0. The van der Waals surface area contributed by atoms with Gasteiger partial charge in [0.1, 0.15) is 5.82 Å². The van der Waals surface area contributed by atoms with Crippen molar-refractivity contribution in [3.8, 4) is 0 Å². The summed E-state index contributed by atoms with van der Waals surface area (Å²) >= 11 is 0. The Morgan fingerprint density at radius 1 is 1.00 bits per heavy atom. The lowest BCUT2D eigenvalue weighted by molar-refractivity contribution is 0.634. The molecule has 1 rings (SSSR count). The van der Waals surface area contributed by atoms with E-state index in [1.165, 1.54) is 25.7 Å². The number of rotatable bonds is 6. The summed E-state index contributed by atoms with van der Waals surface area (Å²) in [6.45, 7) is 3.82. The molecule has 1 aromatic heterocycles. The van der Waals surface area contributed by atoms with Crippen LogP contribution >= 0.6 is 0 Å². The Kier molecular flexibility index (Phi) is 5.14. The zero-order valence-corrected chi connectivity index (χ0v) is 8.08. The molecule has 0 aliphatic heterocycles. The second kappa shape index (κ2) is 6.58. The van der Waals surface area contributed by atoms with E-state index in [9.17, 15) is 0 Å². The fourth-order valence-corrected chi connectivity index (χ4v) is 1.27. The molecule has 0 saturated heterocycles. The Balaban J connectivity index is 2.07. The number of unbranched alkanes of at least 4 members (excludes halogenated alkanes) is 4. The first-order valence-corrected chi connectivity index (χ1v) is 4.98. The van der Waals surface area contributed by atoms with Gasteiger partial charge in [0.15, 0.2) is 0 Å². The fraction of sp³-hybridized carbons (Fsp3) is 0.545. The van der Waals surface area contributed by atoms with Crippen LogP contribution in [0.25, 0.3) is 0 Å². The molecule has 0 aliphatic carbocycles. The van der Waals surface area contributed by atoms with Crippen molar-refractivity contribution in [1.29, 1.82) is 0 Å². The van der Waals surface area contributed by atoms with E-state index in [4.69, 9.17) is 0 Å². The second-order valence-corrected chi connectivity index (χ2v) is 3.18. The number of nitrogens with zero attached hydrogens (tertiary/aromatic N) is 2. The molecule has 2 nitrogen and oxygen atoms in total. The van der Waals surface area contributed by atoms with E-state index in [-0.39, 0.29) is 0 Å². The van der Waals surface area contributed by atoms with Crippen molar-refractivity contribution in [3.05, 3.63) is 31.2 Å². The minimum Gasteiger partial charge on any atom is -0.241 e. The number of hydrogen-bond donors (Lipinski definition) is 0. The van der Waals surface area contributed by atoms with Crippen molar-refractivity contribution in [2.75, 3.05) is 0 Å². The highest BCUT2D eigenvalue weighted by atomic mass is 14.8. The van der Waals surface area contributed by atoms with Gasteiger partial charge in [-0.05, 0) is 12.5 Å². The molecule has 0 aromatic carbocycles. The molecule has 1 radical (unpaired) electrons. The smallest absolute Gasteiger partial charge is 0.128 e. The molecule has 0 aliphatic rings. The second-order valence-electron chi connectivity index (χ2n) is 3.18. The molecule has 0 saturated carbocycles. The Morgan fingerprint density at radius 3 is 2.38 bits per heavy atom. The Bertz CT molecular complexity index is 209. The van der Waals surface area contributed by atoms with Crippen LogP contribution in [0.5, 0.6) is 0 Å². The summed E-state index contributed by atoms with van der Waals surface area (Å²) < 4.78 is 0. The van der Waals surface area contributed by atoms with Gasteiger partial charge in [0.25, 0.3) is 0 Å². The fourth-order valence-electron chi connectivity index (χ4n) is 1.27. The molecule has 1 heterocycles. The highest BCUT2D eigenvalue weighted by Crippen LogP contribution is 2.04. The molecule has 0 fully saturated rings. The first-order valence-electron chi connectivity index (χ1n) is 4.98. The third-order valence-electron chi connectivity index (χ3n) is 2.02. The molecule has 0 spiro atoms. The van der Waals surface area contributed by atoms with Crippen LogP contribution in [0.3, 0.4) is 0 Å². The summed E-state index contributed by atoms with van der Waals surface area (Å²) in [6, 6.07) is 1.85. The maximum absolute atomic E-state index is 4.17. The van der Waals surface area contributed by atoms with E-state index in [2.05, 4.69) is 16.9 Å². The van der Waals surface area contributed by atoms with Gasteiger partial charge in [-0.3, -0.25) is 0 Å². The Morgan fingerprint density at radius 2 is 1.69 bits per heavy atom. The minimum absolute atomic E-state index is 0.970. The monoisotopic (exact) mass is 177 g/mol. The molecule has 0 amide bonds. The number of hydrogen-bond acceptors (Lipinski definition) is 2. The van der Waals surface area contributed by atoms with Gasteiger partial charge in [-0.2, -0.15) is 0 Å². The van der Waals surface area contributed by atoms with Gasteiger partial charge in [0.2, 0.25) is 0 Å². The van der Waals surface area contributed by atoms with Crippen molar-refractivity contribution in [3.63, 3.8) is 0 Å². The lowest BCUT2D eigenvalue weighted by Crippen LogP contribution is -1.92. The summed E-state index contributed by atoms with van der Waals surface area (Å²) in [4.78, 5) is 8.35. The van der Waals surface area contributed by atoms with E-state index in [1.807, 2.05) is 6.07 Å². The molecule has 0 unspecified atom stereocenters. The number of aromatic nitrogens is 2. The van der Waals surface area contributed by atoms with E-state index in [1.54, 1.807) is 12.4 Å². The predicted molar refractivity (Wildman–Crippen MR) is 54.2 cm³/mol. The minimum atomic E-state index is 0.970. The first-order chi connectivity index (χ1) is 6.43. The summed E-state index contributed by atoms with van der Waals surface area (Å²) in [5.41, 5.74) is 0. The van der Waals surface area contributed by atoms with Crippen LogP contribution in [0, 0.1) is 6.92 Å². The van der Waals surface area contributed by atoms with Crippen LogP contribution in [0.1, 0.15) is 37.9 Å². The number of aryl methyl sites for hydroxylation is 1. The molecule has 1 aromatic rings. The quantitative estimate of drug-likeness (QED) is 0.624. The molecule has 71 valence electrons. The maximum atomic E-state index is 4.17. The van der Waals surface area contributed by atoms with Crippen molar-refractivity contribution < 1.29 is 0 Å². The topological polar surface area (TPSA) is 25.8 Å². The van der Waals surface area contributed by atoms with Crippen molar-refractivity contribution >= 4 is 0 Å². The highest BCUT2D eigenvalue weighted by molar-refractivity contribution is 4.88. The van der Waals surface area contributed by atoms with Crippen molar-refractivity contribution in [2.24, 2.45) is 0 Å². The maximum Gasteiger partial charge on any atom is 0.128 e. The van der Waals surface area contributed by atoms with Crippen molar-refractivity contribution in [1.82, 2.24) is 9.97 Å². The van der Waals surface area contributed by atoms with Gasteiger partial charge < -0.3 is 0 Å². The van der Waals surface area contributed by atoms with Crippen LogP contribution in [0.15, 0.2) is 18.5 Å². The van der Waals surface area contributed by atoms with E-state index >= 15 is 0 Å². The molecular weight excluding hydrogens is 160 g/mol. The SMILES string of the molecule is [CH2]CCCCCCc1ncccn1. The molecule has 0 atom stereocenters. The Hall–Kier alpha value is -0.920. The lowest BCUT2D eigenvalue weighted by atomic mass is 10.1. The van der Waals surface area contributed by atoms with Gasteiger partial charge >= 0.3 is 0 Å². The standard InChI is InChI=1S/C11H17N2/c1-2-3-4-5-6-8-11-12-9-7-10-13-11/h7,9-10H,1-6,8H2. The summed E-state index contributed by atoms with van der Waals surface area (Å²) in [5.74, 6) is 0.970.